The molecule has 1 aromatic rings. The van der Waals surface area contributed by atoms with Gasteiger partial charge in [0.05, 0.1) is 0 Å². The molecule has 13 nitrogen and oxygen atoms in total. The fraction of sp³-hybridized carbons (Fsp3) is 0.471. The van der Waals surface area contributed by atoms with E-state index in [1.165, 1.54) is 33.9 Å². The second-order valence-electron chi connectivity index (χ2n) is 6.81. The molecule has 3 unspecified atom stereocenters. The number of halogens is 1. The highest BCUT2D eigenvalue weighted by molar-refractivity contribution is 5.85. The van der Waals surface area contributed by atoms with Crippen LogP contribution in [0.1, 0.15) is 19.1 Å². The van der Waals surface area contributed by atoms with Crippen molar-refractivity contribution in [1.82, 2.24) is 19.8 Å². The minimum atomic E-state index is -1.53. The summed E-state index contributed by atoms with van der Waals surface area (Å²) in [7, 11) is 1.64. The predicted molar refractivity (Wildman–Crippen MR) is 114 cm³/mol. The summed E-state index contributed by atoms with van der Waals surface area (Å²) in [5, 5.41) is 9.89. The fourth-order valence-electron chi connectivity index (χ4n) is 2.72. The first-order valence-electron chi connectivity index (χ1n) is 9.04. The summed E-state index contributed by atoms with van der Waals surface area (Å²) in [5.74, 6) is -0.486. The van der Waals surface area contributed by atoms with Crippen molar-refractivity contribution < 1.29 is 19.1 Å². The molecule has 0 fully saturated rings. The first-order chi connectivity index (χ1) is 14.2. The Balaban J connectivity index is 0.00000480. The number of hydrogen-bond donors (Lipinski definition) is 5. The van der Waals surface area contributed by atoms with Gasteiger partial charge < -0.3 is 36.9 Å². The van der Waals surface area contributed by atoms with Crippen LogP contribution in [0, 0.1) is 5.41 Å². The molecule has 8 N–H and O–H groups in total. The van der Waals surface area contributed by atoms with Gasteiger partial charge in [0.2, 0.25) is 11.6 Å². The third-order valence-corrected chi connectivity index (χ3v) is 4.43. The van der Waals surface area contributed by atoms with E-state index in [9.17, 15) is 14.4 Å². The summed E-state index contributed by atoms with van der Waals surface area (Å²) >= 11 is 0. The van der Waals surface area contributed by atoms with Gasteiger partial charge in [-0.05, 0) is 24.6 Å². The van der Waals surface area contributed by atoms with Gasteiger partial charge in [-0.15, -0.1) is 12.4 Å². The van der Waals surface area contributed by atoms with Crippen LogP contribution in [0.3, 0.4) is 0 Å². The number of hydrogen-bond acceptors (Lipinski definition) is 9. The van der Waals surface area contributed by atoms with Crippen LogP contribution >= 0.6 is 12.4 Å². The van der Waals surface area contributed by atoms with E-state index in [1.54, 1.807) is 7.05 Å². The Morgan fingerprint density at radius 3 is 2.87 bits per heavy atom. The number of nitrogens with zero attached hydrogens (tertiary/aromatic N) is 3. The van der Waals surface area contributed by atoms with Crippen LogP contribution in [-0.4, -0.2) is 64.8 Å². The lowest BCUT2D eigenvalue weighted by Crippen LogP contribution is -2.55. The van der Waals surface area contributed by atoms with E-state index in [0.29, 0.717) is 13.0 Å². The zero-order chi connectivity index (χ0) is 22.3. The minimum absolute atomic E-state index is 0. The lowest BCUT2D eigenvalue weighted by atomic mass is 10.1. The highest BCUT2D eigenvalue weighted by Crippen LogP contribution is 2.22. The molecule has 31 heavy (non-hydrogen) atoms. The fourth-order valence-corrected chi connectivity index (χ4v) is 2.72. The van der Waals surface area contributed by atoms with Crippen LogP contribution in [0.15, 0.2) is 29.2 Å². The van der Waals surface area contributed by atoms with Crippen LogP contribution < -0.4 is 28.2 Å². The van der Waals surface area contributed by atoms with Crippen molar-refractivity contribution in [3.05, 3.63) is 34.9 Å². The van der Waals surface area contributed by atoms with E-state index in [4.69, 9.17) is 32.1 Å². The number of aromatic nitrogens is 2. The number of nitrogen functional groups attached to an aromatic ring is 1. The van der Waals surface area contributed by atoms with Crippen LogP contribution in [0.25, 0.3) is 0 Å². The Bertz CT molecular complexity index is 878. The molecule has 2 heterocycles. The van der Waals surface area contributed by atoms with Crippen molar-refractivity contribution in [2.75, 3.05) is 25.9 Å². The molecule has 3 atom stereocenters. The third-order valence-electron chi connectivity index (χ3n) is 4.43. The molecule has 1 amide bonds. The Hall–Kier alpha value is -3.16. The summed E-state index contributed by atoms with van der Waals surface area (Å²) in [6, 6.07) is 0.940. The van der Waals surface area contributed by atoms with Crippen LogP contribution in [0.5, 0.6) is 0 Å². The van der Waals surface area contributed by atoms with Crippen molar-refractivity contribution in [3.63, 3.8) is 0 Å². The summed E-state index contributed by atoms with van der Waals surface area (Å²) < 4.78 is 11.8. The third kappa shape index (κ3) is 7.24. The quantitative estimate of drug-likeness (QED) is 0.0926. The molecule has 0 spiro atoms. The molecule has 0 bridgehead atoms. The van der Waals surface area contributed by atoms with E-state index >= 15 is 0 Å². The predicted octanol–water partition coefficient (Wildman–Crippen LogP) is -1.75. The first kappa shape index (κ1) is 25.9. The summed E-state index contributed by atoms with van der Waals surface area (Å²) in [5.41, 5.74) is 14.6. The Kier molecular flexibility index (Phi) is 9.42. The Morgan fingerprint density at radius 1 is 1.61 bits per heavy atom. The number of rotatable bonds is 9. The molecule has 0 aliphatic carbocycles. The van der Waals surface area contributed by atoms with Gasteiger partial charge in [0.1, 0.15) is 12.4 Å². The van der Waals surface area contributed by atoms with Gasteiger partial charge in [0.15, 0.2) is 12.2 Å². The van der Waals surface area contributed by atoms with Crippen molar-refractivity contribution in [2.24, 2.45) is 11.5 Å². The normalized spacial score (nSPS) is 20.8. The summed E-state index contributed by atoms with van der Waals surface area (Å²) in [4.78, 5) is 40.4. The number of ether oxygens (including phenoxy) is 2. The molecular formula is C17H27ClN8O5. The Labute approximate surface area is 184 Å². The van der Waals surface area contributed by atoms with E-state index in [1.807, 2.05) is 0 Å². The van der Waals surface area contributed by atoms with E-state index in [2.05, 4.69) is 10.3 Å². The van der Waals surface area contributed by atoms with Gasteiger partial charge in [-0.25, -0.2) is 4.79 Å². The van der Waals surface area contributed by atoms with Gasteiger partial charge in [0, 0.05) is 32.3 Å². The minimum Gasteiger partial charge on any atom is -0.435 e. The number of anilines is 1. The second kappa shape index (κ2) is 11.3. The number of nitrogens with two attached hydrogens (primary N) is 3. The molecular weight excluding hydrogens is 432 g/mol. The largest absolute Gasteiger partial charge is 0.435 e. The number of amides is 1. The first-order valence-corrected chi connectivity index (χ1v) is 9.04. The monoisotopic (exact) mass is 458 g/mol. The van der Waals surface area contributed by atoms with Gasteiger partial charge in [-0.2, -0.15) is 4.98 Å². The van der Waals surface area contributed by atoms with Crippen molar-refractivity contribution in [1.29, 1.82) is 5.41 Å². The molecule has 172 valence electrons. The summed E-state index contributed by atoms with van der Waals surface area (Å²) in [6.45, 7) is 0.361. The maximum absolute atomic E-state index is 12.4. The Morgan fingerprint density at radius 2 is 2.32 bits per heavy atom. The average molecular weight is 459 g/mol. The molecule has 1 aromatic heterocycles. The zero-order valence-electron chi connectivity index (χ0n) is 16.9. The topological polar surface area (TPSA) is 205 Å². The average Bonchev–Trinajstić information content (AvgIpc) is 2.67. The highest BCUT2D eigenvalue weighted by Gasteiger charge is 2.36. The smallest absolute Gasteiger partial charge is 0.351 e. The zero-order valence-corrected chi connectivity index (χ0v) is 17.7. The van der Waals surface area contributed by atoms with Gasteiger partial charge in [-0.1, -0.05) is 0 Å². The molecule has 2 rings (SSSR count). The van der Waals surface area contributed by atoms with Gasteiger partial charge in [0.25, 0.3) is 6.47 Å². The number of carbonyl (C=O) groups is 2. The molecule has 0 radical (unpaired) electrons. The maximum atomic E-state index is 12.4. The molecule has 1 aliphatic heterocycles. The van der Waals surface area contributed by atoms with E-state index in [-0.39, 0.29) is 43.7 Å². The molecule has 0 saturated carbocycles. The number of guanidine groups is 1. The molecule has 1 aliphatic rings. The van der Waals surface area contributed by atoms with Crippen molar-refractivity contribution in [3.8, 4) is 0 Å². The lowest BCUT2D eigenvalue weighted by molar-refractivity contribution is -0.159. The standard InChI is InChI=1S/C17H26N8O5.ClH/c1-24(15(20)21)6-3-11(18)8-13(27)23-17(30-10-26)5-2-14(29-9-17)25-7-4-12(19)22-16(25)28;/h2,4-5,7,10-11,14H,3,6,8-9,18H2,1H3,(H3,20,21)(H,23,27)(H2,19,22,28);1H. The molecule has 0 saturated heterocycles. The van der Waals surface area contributed by atoms with Crippen LogP contribution in [0.4, 0.5) is 5.82 Å². The van der Waals surface area contributed by atoms with Crippen LogP contribution in [0.2, 0.25) is 0 Å². The molecule has 14 heteroatoms. The maximum Gasteiger partial charge on any atom is 0.351 e. The van der Waals surface area contributed by atoms with E-state index in [0.717, 1.165) is 0 Å². The SMILES string of the molecule is CN(CCC(N)CC(=O)NC1(OC=O)C=CC(n2ccc(N)nc2=O)OC1)C(=N)N.Cl. The highest BCUT2D eigenvalue weighted by atomic mass is 35.5. The number of nitrogens with one attached hydrogen (secondary N) is 2. The van der Waals surface area contributed by atoms with E-state index < -0.39 is 29.6 Å². The summed E-state index contributed by atoms with van der Waals surface area (Å²) in [6.07, 6.45) is 3.86. The van der Waals surface area contributed by atoms with Gasteiger partial charge in [-0.3, -0.25) is 19.6 Å². The van der Waals surface area contributed by atoms with Crippen molar-refractivity contribution >= 4 is 36.6 Å². The van der Waals surface area contributed by atoms with Crippen LogP contribution in [-0.2, 0) is 19.1 Å². The van der Waals surface area contributed by atoms with Gasteiger partial charge >= 0.3 is 5.69 Å². The lowest BCUT2D eigenvalue weighted by Gasteiger charge is -2.35. The number of carbonyl (C=O) groups excluding carboxylic acids is 2. The van der Waals surface area contributed by atoms with Crippen molar-refractivity contribution in [2.45, 2.75) is 30.8 Å². The second-order valence-corrected chi connectivity index (χ2v) is 6.81. The molecule has 0 aromatic carbocycles.